The van der Waals surface area contributed by atoms with Gasteiger partial charge in [-0.25, -0.2) is 8.42 Å². The van der Waals surface area contributed by atoms with Gasteiger partial charge in [-0.3, -0.25) is 4.72 Å². The summed E-state index contributed by atoms with van der Waals surface area (Å²) in [7, 11) is -3.81. The summed E-state index contributed by atoms with van der Waals surface area (Å²) in [5.74, 6) is 0.918. The highest BCUT2D eigenvalue weighted by molar-refractivity contribution is 7.92. The van der Waals surface area contributed by atoms with Crippen LogP contribution in [-0.4, -0.2) is 18.6 Å². The number of hydrogen-bond donors (Lipinski definition) is 1. The van der Waals surface area contributed by atoms with Crippen LogP contribution in [0.15, 0.2) is 69.4 Å². The topological polar surface area (TPSA) is 85.1 Å². The van der Waals surface area contributed by atoms with Gasteiger partial charge in [0.25, 0.3) is 10.0 Å². The second kappa shape index (κ2) is 7.98. The van der Waals surface area contributed by atoms with E-state index in [2.05, 4.69) is 14.9 Å². The summed E-state index contributed by atoms with van der Waals surface area (Å²) in [6.45, 7) is 1.67. The molecule has 2 aromatic carbocycles. The maximum atomic E-state index is 12.9. The molecular weight excluding hydrogens is 430 g/mol. The first-order chi connectivity index (χ1) is 13.9. The molecule has 29 heavy (non-hydrogen) atoms. The zero-order valence-electron chi connectivity index (χ0n) is 15.3. The highest BCUT2D eigenvalue weighted by Gasteiger charge is 2.20. The Kier molecular flexibility index (Phi) is 5.40. The average Bonchev–Trinajstić information content (AvgIpc) is 3.37. The predicted molar refractivity (Wildman–Crippen MR) is 114 cm³/mol. The van der Waals surface area contributed by atoms with Gasteiger partial charge in [0.1, 0.15) is 0 Å². The molecule has 0 unspecified atom stereocenters. The maximum absolute atomic E-state index is 12.9. The van der Waals surface area contributed by atoms with Crippen molar-refractivity contribution >= 4 is 38.6 Å². The van der Waals surface area contributed by atoms with Gasteiger partial charge in [-0.1, -0.05) is 47.1 Å². The summed E-state index contributed by atoms with van der Waals surface area (Å²) in [5, 5.41) is 6.33. The predicted octanol–water partition coefficient (Wildman–Crippen LogP) is 5.15. The number of rotatable bonds is 6. The molecule has 0 radical (unpaired) electrons. The van der Waals surface area contributed by atoms with E-state index in [0.29, 0.717) is 34.4 Å². The molecule has 2 aromatic heterocycles. The summed E-state index contributed by atoms with van der Waals surface area (Å²) in [6.07, 6.45) is 0.297. The van der Waals surface area contributed by atoms with Gasteiger partial charge in [0.05, 0.1) is 21.9 Å². The number of nitrogens with one attached hydrogen (secondary N) is 1. The number of nitrogens with zero attached hydrogens (tertiary/aromatic N) is 2. The van der Waals surface area contributed by atoms with E-state index < -0.39 is 10.0 Å². The molecule has 2 heterocycles. The molecule has 0 aliphatic heterocycles. The number of benzene rings is 2. The van der Waals surface area contributed by atoms with Crippen molar-refractivity contribution in [3.8, 4) is 10.7 Å². The third kappa shape index (κ3) is 4.19. The van der Waals surface area contributed by atoms with Gasteiger partial charge in [-0.15, -0.1) is 11.3 Å². The standard InChI is InChI=1S/C20H16ClN3O3S2/c1-13-15(21)7-4-10-18(13)29(25,26)24-16-8-3-2-6-14(16)12-19-22-20(23-27-19)17-9-5-11-28-17/h2-11,24H,12H2,1H3. The Morgan fingerprint density at radius 3 is 2.72 bits per heavy atom. The Bertz CT molecular complexity index is 1250. The van der Waals surface area contributed by atoms with E-state index in [9.17, 15) is 8.42 Å². The summed E-state index contributed by atoms with van der Waals surface area (Å²) >= 11 is 7.61. The minimum absolute atomic E-state index is 0.137. The highest BCUT2D eigenvalue weighted by Crippen LogP contribution is 2.27. The molecule has 9 heteroatoms. The van der Waals surface area contributed by atoms with E-state index in [4.69, 9.17) is 16.1 Å². The van der Waals surface area contributed by atoms with Crippen LogP contribution >= 0.6 is 22.9 Å². The van der Waals surface area contributed by atoms with Crippen molar-refractivity contribution in [1.29, 1.82) is 0 Å². The lowest BCUT2D eigenvalue weighted by molar-refractivity contribution is 0.386. The Morgan fingerprint density at radius 2 is 1.93 bits per heavy atom. The second-order valence-electron chi connectivity index (χ2n) is 6.29. The van der Waals surface area contributed by atoms with Gasteiger partial charge < -0.3 is 4.52 Å². The number of anilines is 1. The van der Waals surface area contributed by atoms with Gasteiger partial charge in [0, 0.05) is 5.02 Å². The Morgan fingerprint density at radius 1 is 1.10 bits per heavy atom. The van der Waals surface area contributed by atoms with Crippen molar-refractivity contribution < 1.29 is 12.9 Å². The molecule has 0 atom stereocenters. The molecule has 0 saturated heterocycles. The third-order valence-corrected chi connectivity index (χ3v) is 7.11. The van der Waals surface area contributed by atoms with Crippen LogP contribution in [0.25, 0.3) is 10.7 Å². The van der Waals surface area contributed by atoms with Gasteiger partial charge in [-0.2, -0.15) is 4.98 Å². The third-order valence-electron chi connectivity index (χ3n) is 4.32. The molecular formula is C20H16ClN3O3S2. The number of sulfonamides is 1. The van der Waals surface area contributed by atoms with Crippen molar-refractivity contribution in [3.63, 3.8) is 0 Å². The van der Waals surface area contributed by atoms with Crippen molar-refractivity contribution in [2.24, 2.45) is 0 Å². The van der Waals surface area contributed by atoms with Crippen LogP contribution in [0.1, 0.15) is 17.0 Å². The van der Waals surface area contributed by atoms with Gasteiger partial charge >= 0.3 is 0 Å². The molecule has 0 spiro atoms. The average molecular weight is 446 g/mol. The summed E-state index contributed by atoms with van der Waals surface area (Å²) in [4.78, 5) is 5.45. The van der Waals surface area contributed by atoms with Crippen LogP contribution in [0, 0.1) is 6.92 Å². The minimum Gasteiger partial charge on any atom is -0.339 e. The molecule has 0 amide bonds. The number of aromatic nitrogens is 2. The fourth-order valence-corrected chi connectivity index (χ4v) is 5.10. The van der Waals surface area contributed by atoms with E-state index in [1.807, 2.05) is 29.6 Å². The number of thiophene rings is 1. The molecule has 0 bridgehead atoms. The molecule has 6 nitrogen and oxygen atoms in total. The van der Waals surface area contributed by atoms with E-state index >= 15 is 0 Å². The van der Waals surface area contributed by atoms with E-state index in [1.54, 1.807) is 31.2 Å². The molecule has 0 saturated carbocycles. The normalized spacial score (nSPS) is 11.5. The highest BCUT2D eigenvalue weighted by atomic mass is 35.5. The van der Waals surface area contributed by atoms with Crippen LogP contribution in [-0.2, 0) is 16.4 Å². The lowest BCUT2D eigenvalue weighted by Gasteiger charge is -2.13. The van der Waals surface area contributed by atoms with Crippen LogP contribution in [0.4, 0.5) is 5.69 Å². The van der Waals surface area contributed by atoms with Crippen molar-refractivity contribution in [1.82, 2.24) is 10.1 Å². The zero-order chi connectivity index (χ0) is 20.4. The van der Waals surface area contributed by atoms with Crippen molar-refractivity contribution in [3.05, 3.63) is 82.0 Å². The van der Waals surface area contributed by atoms with Crippen LogP contribution in [0.3, 0.4) is 0 Å². The number of hydrogen-bond acceptors (Lipinski definition) is 6. The lowest BCUT2D eigenvalue weighted by atomic mass is 10.1. The smallest absolute Gasteiger partial charge is 0.262 e. The molecule has 4 rings (SSSR count). The van der Waals surface area contributed by atoms with Crippen LogP contribution in [0.5, 0.6) is 0 Å². The van der Waals surface area contributed by atoms with Crippen LogP contribution < -0.4 is 4.72 Å². The second-order valence-corrected chi connectivity index (χ2v) is 9.30. The summed E-state index contributed by atoms with van der Waals surface area (Å²) < 4.78 is 33.8. The molecule has 148 valence electrons. The first-order valence-electron chi connectivity index (χ1n) is 8.66. The van der Waals surface area contributed by atoms with E-state index in [1.165, 1.54) is 17.4 Å². The van der Waals surface area contributed by atoms with Gasteiger partial charge in [0.2, 0.25) is 11.7 Å². The first-order valence-corrected chi connectivity index (χ1v) is 11.4. The fraction of sp³-hybridized carbons (Fsp3) is 0.100. The zero-order valence-corrected chi connectivity index (χ0v) is 17.7. The minimum atomic E-state index is -3.81. The summed E-state index contributed by atoms with van der Waals surface area (Å²) in [5.41, 5.74) is 1.66. The Labute approximate surface area is 177 Å². The van der Waals surface area contributed by atoms with E-state index in [0.717, 1.165) is 10.4 Å². The quantitative estimate of drug-likeness (QED) is 0.443. The lowest BCUT2D eigenvalue weighted by Crippen LogP contribution is -2.15. The van der Waals surface area contributed by atoms with Crippen LogP contribution in [0.2, 0.25) is 5.02 Å². The Balaban J connectivity index is 1.61. The SMILES string of the molecule is Cc1c(Cl)cccc1S(=O)(=O)Nc1ccccc1Cc1nc(-c2cccs2)no1. The van der Waals surface area contributed by atoms with Gasteiger partial charge in [0.15, 0.2) is 0 Å². The Hall–Kier alpha value is -2.68. The number of halogens is 1. The molecule has 1 N–H and O–H groups in total. The molecule has 4 aromatic rings. The molecule has 0 aliphatic rings. The molecule has 0 fully saturated rings. The fourth-order valence-electron chi connectivity index (χ4n) is 2.85. The maximum Gasteiger partial charge on any atom is 0.262 e. The largest absolute Gasteiger partial charge is 0.339 e. The van der Waals surface area contributed by atoms with Crippen molar-refractivity contribution in [2.75, 3.05) is 4.72 Å². The summed E-state index contributed by atoms with van der Waals surface area (Å²) in [6, 6.07) is 15.7. The monoisotopic (exact) mass is 445 g/mol. The van der Waals surface area contributed by atoms with Crippen molar-refractivity contribution in [2.45, 2.75) is 18.2 Å². The first kappa shape index (κ1) is 19.6. The van der Waals surface area contributed by atoms with E-state index in [-0.39, 0.29) is 4.90 Å². The van der Waals surface area contributed by atoms with Gasteiger partial charge in [-0.05, 0) is 47.7 Å². The number of para-hydroxylation sites is 1. The molecule has 0 aliphatic carbocycles.